The van der Waals surface area contributed by atoms with Crippen molar-refractivity contribution in [3.05, 3.63) is 74.3 Å². The number of amides is 1. The second-order valence-corrected chi connectivity index (χ2v) is 6.35. The number of aryl methyl sites for hydroxylation is 1. The molecule has 0 bridgehead atoms. The van der Waals surface area contributed by atoms with E-state index in [9.17, 15) is 14.9 Å². The SMILES string of the molecule is Cc1ccc(C2CN(C(=O)c3cc([N+](=O)[O-])ccc3Cl)CCO2)cc1. The Hall–Kier alpha value is -2.44. The Balaban J connectivity index is 1.81. The van der Waals surface area contributed by atoms with Crippen molar-refractivity contribution in [3.63, 3.8) is 0 Å². The lowest BCUT2D eigenvalue weighted by Gasteiger charge is -2.33. The minimum absolute atomic E-state index is 0.139. The summed E-state index contributed by atoms with van der Waals surface area (Å²) in [7, 11) is 0. The average Bonchev–Trinajstić information content (AvgIpc) is 2.62. The van der Waals surface area contributed by atoms with Gasteiger partial charge in [-0.05, 0) is 18.6 Å². The third-order valence-electron chi connectivity index (χ3n) is 4.19. The molecule has 1 fully saturated rings. The first-order valence-corrected chi connectivity index (χ1v) is 8.25. The summed E-state index contributed by atoms with van der Waals surface area (Å²) in [6.45, 7) is 3.20. The van der Waals surface area contributed by atoms with Gasteiger partial charge in [-0.1, -0.05) is 41.4 Å². The topological polar surface area (TPSA) is 72.7 Å². The zero-order chi connectivity index (χ0) is 18.0. The third-order valence-corrected chi connectivity index (χ3v) is 4.52. The highest BCUT2D eigenvalue weighted by molar-refractivity contribution is 6.33. The van der Waals surface area contributed by atoms with E-state index >= 15 is 0 Å². The monoisotopic (exact) mass is 360 g/mol. The minimum atomic E-state index is -0.540. The van der Waals surface area contributed by atoms with Crippen molar-refractivity contribution in [2.45, 2.75) is 13.0 Å². The van der Waals surface area contributed by atoms with Crippen LogP contribution in [0.4, 0.5) is 5.69 Å². The molecule has 1 saturated heterocycles. The first-order valence-electron chi connectivity index (χ1n) is 7.87. The Morgan fingerprint density at radius 2 is 2.00 bits per heavy atom. The number of ether oxygens (including phenoxy) is 1. The van der Waals surface area contributed by atoms with E-state index in [0.29, 0.717) is 19.7 Å². The van der Waals surface area contributed by atoms with Crippen LogP contribution in [0.2, 0.25) is 5.02 Å². The summed E-state index contributed by atoms with van der Waals surface area (Å²) in [5.41, 5.74) is 2.13. The smallest absolute Gasteiger partial charge is 0.270 e. The van der Waals surface area contributed by atoms with Gasteiger partial charge in [-0.2, -0.15) is 0 Å². The zero-order valence-electron chi connectivity index (χ0n) is 13.6. The summed E-state index contributed by atoms with van der Waals surface area (Å²) in [5.74, 6) is -0.325. The molecule has 130 valence electrons. The maximum atomic E-state index is 12.8. The van der Waals surface area contributed by atoms with Gasteiger partial charge in [0.1, 0.15) is 6.10 Å². The summed E-state index contributed by atoms with van der Waals surface area (Å²) < 4.78 is 5.78. The van der Waals surface area contributed by atoms with E-state index in [1.165, 1.54) is 18.2 Å². The predicted octanol–water partition coefficient (Wildman–Crippen LogP) is 3.77. The number of nitro groups is 1. The van der Waals surface area contributed by atoms with Crippen LogP contribution in [0, 0.1) is 17.0 Å². The van der Waals surface area contributed by atoms with Crippen molar-refractivity contribution in [2.75, 3.05) is 19.7 Å². The van der Waals surface area contributed by atoms with Crippen molar-refractivity contribution in [1.29, 1.82) is 0 Å². The predicted molar refractivity (Wildman–Crippen MR) is 93.9 cm³/mol. The maximum Gasteiger partial charge on any atom is 0.270 e. The van der Waals surface area contributed by atoms with Gasteiger partial charge in [0.15, 0.2) is 0 Å². The molecule has 0 aliphatic carbocycles. The lowest BCUT2D eigenvalue weighted by molar-refractivity contribution is -0.384. The molecule has 25 heavy (non-hydrogen) atoms. The van der Waals surface area contributed by atoms with E-state index in [-0.39, 0.29) is 28.3 Å². The second kappa shape index (κ2) is 7.21. The molecular weight excluding hydrogens is 344 g/mol. The van der Waals surface area contributed by atoms with Crippen molar-refractivity contribution in [1.82, 2.24) is 4.90 Å². The third kappa shape index (κ3) is 3.81. The van der Waals surface area contributed by atoms with Crippen molar-refractivity contribution in [2.24, 2.45) is 0 Å². The summed E-state index contributed by atoms with van der Waals surface area (Å²) in [4.78, 5) is 24.8. The van der Waals surface area contributed by atoms with E-state index in [1.807, 2.05) is 31.2 Å². The number of rotatable bonds is 3. The highest BCUT2D eigenvalue weighted by atomic mass is 35.5. The fraction of sp³-hybridized carbons (Fsp3) is 0.278. The molecule has 0 spiro atoms. The molecule has 2 aromatic rings. The van der Waals surface area contributed by atoms with Gasteiger partial charge in [-0.3, -0.25) is 14.9 Å². The number of hydrogen-bond donors (Lipinski definition) is 0. The molecule has 1 aliphatic heterocycles. The number of halogens is 1. The van der Waals surface area contributed by atoms with Crippen LogP contribution in [0.5, 0.6) is 0 Å². The number of nitrogens with zero attached hydrogens (tertiary/aromatic N) is 2. The van der Waals surface area contributed by atoms with Crippen LogP contribution in [0.15, 0.2) is 42.5 Å². The largest absolute Gasteiger partial charge is 0.370 e. The standard InChI is InChI=1S/C18H17ClN2O4/c1-12-2-4-13(5-3-12)17-11-20(8-9-25-17)18(22)15-10-14(21(23)24)6-7-16(15)19/h2-7,10,17H,8-9,11H2,1H3. The van der Waals surface area contributed by atoms with E-state index in [1.54, 1.807) is 4.90 Å². The number of nitro benzene ring substituents is 1. The Labute approximate surface area is 150 Å². The zero-order valence-corrected chi connectivity index (χ0v) is 14.4. The molecule has 1 aliphatic rings. The summed E-state index contributed by atoms with van der Waals surface area (Å²) >= 11 is 6.08. The molecule has 6 nitrogen and oxygen atoms in total. The van der Waals surface area contributed by atoms with Crippen LogP contribution in [-0.2, 0) is 4.74 Å². The number of morpholine rings is 1. The van der Waals surface area contributed by atoms with E-state index in [0.717, 1.165) is 11.1 Å². The lowest BCUT2D eigenvalue weighted by Crippen LogP contribution is -2.42. The molecule has 7 heteroatoms. The van der Waals surface area contributed by atoms with Crippen LogP contribution in [0.3, 0.4) is 0 Å². The van der Waals surface area contributed by atoms with Crippen LogP contribution in [0.25, 0.3) is 0 Å². The van der Waals surface area contributed by atoms with Gasteiger partial charge in [-0.25, -0.2) is 0 Å². The van der Waals surface area contributed by atoms with Gasteiger partial charge in [0.2, 0.25) is 0 Å². The summed E-state index contributed by atoms with van der Waals surface area (Å²) in [6, 6.07) is 11.8. The summed E-state index contributed by atoms with van der Waals surface area (Å²) in [6.07, 6.45) is -0.226. The average molecular weight is 361 g/mol. The molecule has 1 amide bonds. The fourth-order valence-electron chi connectivity index (χ4n) is 2.78. The lowest BCUT2D eigenvalue weighted by atomic mass is 10.1. The highest BCUT2D eigenvalue weighted by Crippen LogP contribution is 2.27. The van der Waals surface area contributed by atoms with Gasteiger partial charge >= 0.3 is 0 Å². The molecule has 1 atom stereocenters. The molecule has 1 unspecified atom stereocenters. The number of non-ortho nitro benzene ring substituents is 1. The van der Waals surface area contributed by atoms with Gasteiger partial charge in [0.05, 0.1) is 28.7 Å². The first kappa shape index (κ1) is 17.4. The normalized spacial score (nSPS) is 17.4. The molecule has 1 heterocycles. The van der Waals surface area contributed by atoms with E-state index < -0.39 is 4.92 Å². The number of carbonyl (C=O) groups excluding carboxylic acids is 1. The fourth-order valence-corrected chi connectivity index (χ4v) is 2.98. The highest BCUT2D eigenvalue weighted by Gasteiger charge is 2.28. The van der Waals surface area contributed by atoms with Crippen molar-refractivity contribution >= 4 is 23.2 Å². The molecular formula is C18H17ClN2O4. The number of hydrogen-bond acceptors (Lipinski definition) is 4. The first-order chi connectivity index (χ1) is 12.0. The Bertz CT molecular complexity index is 807. The molecule has 0 saturated carbocycles. The van der Waals surface area contributed by atoms with Crippen LogP contribution in [-0.4, -0.2) is 35.4 Å². The van der Waals surface area contributed by atoms with E-state index in [4.69, 9.17) is 16.3 Å². The van der Waals surface area contributed by atoms with E-state index in [2.05, 4.69) is 0 Å². The Morgan fingerprint density at radius 3 is 2.68 bits per heavy atom. The Morgan fingerprint density at radius 1 is 1.28 bits per heavy atom. The van der Waals surface area contributed by atoms with Crippen molar-refractivity contribution < 1.29 is 14.5 Å². The number of carbonyl (C=O) groups is 1. The van der Waals surface area contributed by atoms with Gasteiger partial charge in [-0.15, -0.1) is 0 Å². The van der Waals surface area contributed by atoms with Crippen LogP contribution < -0.4 is 0 Å². The number of benzene rings is 2. The second-order valence-electron chi connectivity index (χ2n) is 5.94. The quantitative estimate of drug-likeness (QED) is 0.617. The van der Waals surface area contributed by atoms with Gasteiger partial charge < -0.3 is 9.64 Å². The molecule has 3 rings (SSSR count). The van der Waals surface area contributed by atoms with Gasteiger partial charge in [0, 0.05) is 18.7 Å². The molecule has 0 N–H and O–H groups in total. The Kier molecular flexibility index (Phi) is 5.01. The molecule has 0 aromatic heterocycles. The molecule has 0 radical (unpaired) electrons. The van der Waals surface area contributed by atoms with Gasteiger partial charge in [0.25, 0.3) is 11.6 Å². The minimum Gasteiger partial charge on any atom is -0.370 e. The molecule has 2 aromatic carbocycles. The van der Waals surface area contributed by atoms with Crippen molar-refractivity contribution in [3.8, 4) is 0 Å². The summed E-state index contributed by atoms with van der Waals surface area (Å²) in [5, 5.41) is 11.1. The maximum absolute atomic E-state index is 12.8. The van der Waals surface area contributed by atoms with Crippen LogP contribution in [0.1, 0.15) is 27.6 Å². The van der Waals surface area contributed by atoms with Crippen LogP contribution >= 0.6 is 11.6 Å².